The van der Waals surface area contributed by atoms with E-state index in [-0.39, 0.29) is 11.5 Å². The van der Waals surface area contributed by atoms with Crippen molar-refractivity contribution in [1.82, 2.24) is 9.88 Å². The molecule has 0 fully saturated rings. The maximum Gasteiger partial charge on any atom is 0.408 e. The van der Waals surface area contributed by atoms with Gasteiger partial charge in [-0.3, -0.25) is 9.36 Å². The molecule has 0 saturated heterocycles. The predicted molar refractivity (Wildman–Crippen MR) is 124 cm³/mol. The van der Waals surface area contributed by atoms with Gasteiger partial charge in [0.15, 0.2) is 6.04 Å². The Morgan fingerprint density at radius 3 is 2.27 bits per heavy atom. The highest BCUT2D eigenvalue weighted by Gasteiger charge is 2.32. The Morgan fingerprint density at radius 1 is 1.09 bits per heavy atom. The van der Waals surface area contributed by atoms with Gasteiger partial charge in [-0.25, -0.2) is 9.59 Å². The standard InChI is InChI=1S/C24H25ClN2O6/c1-13-19(20(22(29)30)26-23(31)33-24(2,3)4)17-12-16(32-5)10-11-18(17)27(13)21(28)14-6-8-15(25)9-7-14/h6-12,20H,1-5H3,(H,26,31)(H,29,30). The molecule has 2 N–H and O–H groups in total. The Labute approximate surface area is 196 Å². The van der Waals surface area contributed by atoms with E-state index in [0.717, 1.165) is 0 Å². The first kappa shape index (κ1) is 24.1. The summed E-state index contributed by atoms with van der Waals surface area (Å²) >= 11 is 5.95. The average molecular weight is 473 g/mol. The van der Waals surface area contributed by atoms with Crippen LogP contribution < -0.4 is 10.1 Å². The van der Waals surface area contributed by atoms with Crippen molar-refractivity contribution >= 4 is 40.5 Å². The number of carboxylic acid groups (broad SMARTS) is 1. The number of aliphatic carboxylic acids is 1. The van der Waals surface area contributed by atoms with Gasteiger partial charge in [-0.1, -0.05) is 11.6 Å². The summed E-state index contributed by atoms with van der Waals surface area (Å²) in [7, 11) is 1.48. The number of carbonyl (C=O) groups excluding carboxylic acids is 2. The monoisotopic (exact) mass is 472 g/mol. The Balaban J connectivity index is 2.20. The number of aromatic nitrogens is 1. The second-order valence-corrected chi connectivity index (χ2v) is 8.88. The molecule has 1 unspecified atom stereocenters. The van der Waals surface area contributed by atoms with Crippen molar-refractivity contribution in [1.29, 1.82) is 0 Å². The molecule has 3 rings (SSSR count). The Hall–Kier alpha value is -3.52. The smallest absolute Gasteiger partial charge is 0.408 e. The first-order valence-corrected chi connectivity index (χ1v) is 10.5. The topological polar surface area (TPSA) is 107 Å². The van der Waals surface area contributed by atoms with Crippen LogP contribution >= 0.6 is 11.6 Å². The number of halogens is 1. The van der Waals surface area contributed by atoms with Gasteiger partial charge in [-0.05, 0) is 70.2 Å². The largest absolute Gasteiger partial charge is 0.497 e. The van der Waals surface area contributed by atoms with Crippen molar-refractivity contribution in [3.05, 3.63) is 64.3 Å². The van der Waals surface area contributed by atoms with Crippen molar-refractivity contribution in [3.8, 4) is 5.75 Å². The first-order valence-electron chi connectivity index (χ1n) is 10.1. The molecule has 8 nitrogen and oxygen atoms in total. The van der Waals surface area contributed by atoms with Gasteiger partial charge in [0.2, 0.25) is 0 Å². The highest BCUT2D eigenvalue weighted by molar-refractivity contribution is 6.30. The van der Waals surface area contributed by atoms with E-state index in [1.165, 1.54) is 11.7 Å². The molecule has 0 radical (unpaired) electrons. The van der Waals surface area contributed by atoms with Crippen LogP contribution in [0.4, 0.5) is 4.79 Å². The molecular formula is C24H25ClN2O6. The van der Waals surface area contributed by atoms with E-state index >= 15 is 0 Å². The second-order valence-electron chi connectivity index (χ2n) is 8.45. The number of alkyl carbamates (subject to hydrolysis) is 1. The minimum atomic E-state index is -1.46. The number of methoxy groups -OCH3 is 1. The van der Waals surface area contributed by atoms with Crippen molar-refractivity contribution in [2.45, 2.75) is 39.3 Å². The number of ether oxygens (including phenoxy) is 2. The molecule has 3 aromatic rings. The lowest BCUT2D eigenvalue weighted by atomic mass is 10.0. The van der Waals surface area contributed by atoms with E-state index in [1.807, 2.05) is 0 Å². The summed E-state index contributed by atoms with van der Waals surface area (Å²) in [4.78, 5) is 38.0. The molecule has 174 valence electrons. The van der Waals surface area contributed by atoms with Crippen LogP contribution in [-0.2, 0) is 9.53 Å². The summed E-state index contributed by atoms with van der Waals surface area (Å²) in [6, 6.07) is 9.90. The Bertz CT molecular complexity index is 1220. The van der Waals surface area contributed by atoms with Crippen molar-refractivity contribution in [3.63, 3.8) is 0 Å². The number of hydrogen-bond acceptors (Lipinski definition) is 5. The first-order chi connectivity index (χ1) is 15.4. The van der Waals surface area contributed by atoms with Crippen LogP contribution in [0.25, 0.3) is 10.9 Å². The number of carboxylic acids is 1. The third-order valence-electron chi connectivity index (χ3n) is 4.95. The van der Waals surface area contributed by atoms with Crippen LogP contribution in [0.1, 0.15) is 48.4 Å². The van der Waals surface area contributed by atoms with Gasteiger partial charge in [-0.2, -0.15) is 0 Å². The predicted octanol–water partition coefficient (Wildman–Crippen LogP) is 4.95. The van der Waals surface area contributed by atoms with Crippen molar-refractivity contribution < 1.29 is 29.0 Å². The van der Waals surface area contributed by atoms with E-state index in [4.69, 9.17) is 21.1 Å². The van der Waals surface area contributed by atoms with Crippen LogP contribution in [0.2, 0.25) is 5.02 Å². The summed E-state index contributed by atoms with van der Waals surface area (Å²) in [6.07, 6.45) is -0.887. The minimum absolute atomic E-state index is 0.254. The lowest BCUT2D eigenvalue weighted by molar-refractivity contribution is -0.139. The van der Waals surface area contributed by atoms with E-state index in [2.05, 4.69) is 5.32 Å². The average Bonchev–Trinajstić information content (AvgIpc) is 3.01. The maximum absolute atomic E-state index is 13.4. The van der Waals surface area contributed by atoms with Crippen molar-refractivity contribution in [2.75, 3.05) is 7.11 Å². The highest BCUT2D eigenvalue weighted by Crippen LogP contribution is 2.34. The maximum atomic E-state index is 13.4. The summed E-state index contributed by atoms with van der Waals surface area (Å²) < 4.78 is 12.0. The zero-order valence-corrected chi connectivity index (χ0v) is 19.7. The van der Waals surface area contributed by atoms with Crippen LogP contribution in [0, 0.1) is 6.92 Å². The summed E-state index contributed by atoms with van der Waals surface area (Å²) in [5.74, 6) is -1.20. The molecule has 0 aliphatic carbocycles. The molecule has 0 bridgehead atoms. The van der Waals surface area contributed by atoms with Gasteiger partial charge >= 0.3 is 12.1 Å². The third-order valence-corrected chi connectivity index (χ3v) is 5.20. The summed E-state index contributed by atoms with van der Waals surface area (Å²) in [6.45, 7) is 6.65. The number of carbonyl (C=O) groups is 3. The zero-order chi connectivity index (χ0) is 24.5. The van der Waals surface area contributed by atoms with Crippen LogP contribution in [-0.4, -0.2) is 40.4 Å². The molecule has 2 aromatic carbocycles. The van der Waals surface area contributed by atoms with E-state index in [0.29, 0.717) is 32.9 Å². The lowest BCUT2D eigenvalue weighted by Crippen LogP contribution is -2.38. The van der Waals surface area contributed by atoms with E-state index < -0.39 is 23.7 Å². The molecule has 0 spiro atoms. The van der Waals surface area contributed by atoms with E-state index in [1.54, 1.807) is 70.2 Å². The molecule has 1 atom stereocenters. The number of nitrogens with one attached hydrogen (secondary N) is 1. The molecule has 0 aliphatic heterocycles. The fourth-order valence-electron chi connectivity index (χ4n) is 3.58. The molecule has 1 amide bonds. The molecule has 33 heavy (non-hydrogen) atoms. The van der Waals surface area contributed by atoms with Gasteiger partial charge < -0.3 is 19.9 Å². The fourth-order valence-corrected chi connectivity index (χ4v) is 3.71. The van der Waals surface area contributed by atoms with Gasteiger partial charge in [0.05, 0.1) is 12.6 Å². The van der Waals surface area contributed by atoms with Crippen LogP contribution in [0.5, 0.6) is 5.75 Å². The van der Waals surface area contributed by atoms with Crippen molar-refractivity contribution in [2.24, 2.45) is 0 Å². The number of hydrogen-bond donors (Lipinski definition) is 2. The number of nitrogens with zero attached hydrogens (tertiary/aromatic N) is 1. The SMILES string of the molecule is COc1ccc2c(c1)c(C(NC(=O)OC(C)(C)C)C(=O)O)c(C)n2C(=O)c1ccc(Cl)cc1. The van der Waals surface area contributed by atoms with Gasteiger partial charge in [0.1, 0.15) is 11.4 Å². The van der Waals surface area contributed by atoms with Crippen LogP contribution in [0.15, 0.2) is 42.5 Å². The summed E-state index contributed by atoms with van der Waals surface area (Å²) in [5.41, 5.74) is 0.643. The van der Waals surface area contributed by atoms with E-state index in [9.17, 15) is 19.5 Å². The van der Waals surface area contributed by atoms with Gasteiger partial charge in [0, 0.05) is 27.2 Å². The molecular weight excluding hydrogens is 448 g/mol. The molecule has 0 aliphatic rings. The number of rotatable bonds is 5. The quantitative estimate of drug-likeness (QED) is 0.544. The molecule has 9 heteroatoms. The fraction of sp³-hybridized carbons (Fsp3) is 0.292. The number of fused-ring (bicyclic) bond motifs is 1. The minimum Gasteiger partial charge on any atom is -0.497 e. The van der Waals surface area contributed by atoms with Gasteiger partial charge in [0.25, 0.3) is 5.91 Å². The number of amides is 1. The Kier molecular flexibility index (Phi) is 6.69. The normalized spacial score (nSPS) is 12.3. The zero-order valence-electron chi connectivity index (χ0n) is 18.9. The van der Waals surface area contributed by atoms with Gasteiger partial charge in [-0.15, -0.1) is 0 Å². The highest BCUT2D eigenvalue weighted by atomic mass is 35.5. The third kappa shape index (κ3) is 5.12. The molecule has 1 aromatic heterocycles. The lowest BCUT2D eigenvalue weighted by Gasteiger charge is -2.22. The Morgan fingerprint density at radius 2 is 1.73 bits per heavy atom. The van der Waals surface area contributed by atoms with Crippen LogP contribution in [0.3, 0.4) is 0 Å². The number of benzene rings is 2. The second kappa shape index (κ2) is 9.15. The molecule has 1 heterocycles. The molecule has 0 saturated carbocycles. The summed E-state index contributed by atoms with van der Waals surface area (Å²) in [5, 5.41) is 13.3.